The minimum atomic E-state index is -3.17. The van der Waals surface area contributed by atoms with Crippen molar-refractivity contribution in [2.45, 2.75) is 103 Å². The molecule has 0 spiro atoms. The van der Waals surface area contributed by atoms with Crippen molar-refractivity contribution >= 4 is 33.5 Å². The maximum Gasteiger partial charge on any atom is 0.322 e. The molecule has 2 aliphatic heterocycles. The number of rotatable bonds is 9. The Morgan fingerprint density at radius 1 is 0.712 bits per heavy atom. The van der Waals surface area contributed by atoms with Gasteiger partial charge < -0.3 is 25.8 Å². The first-order valence-corrected chi connectivity index (χ1v) is 20.9. The highest BCUT2D eigenvalue weighted by Crippen LogP contribution is 2.36. The monoisotopic (exact) mass is 744 g/mol. The van der Waals surface area contributed by atoms with Gasteiger partial charge in [0.05, 0.1) is 6.26 Å². The van der Waals surface area contributed by atoms with E-state index in [0.29, 0.717) is 37.1 Å². The second-order valence-electron chi connectivity index (χ2n) is 16.0. The molecule has 2 aromatic rings. The maximum atomic E-state index is 13.1. The summed E-state index contributed by atoms with van der Waals surface area (Å²) in [5.74, 6) is -0.626. The molecule has 2 heterocycles. The first-order chi connectivity index (χ1) is 24.7. The van der Waals surface area contributed by atoms with Crippen LogP contribution in [0.1, 0.15) is 90.9 Å². The number of piperidine rings is 2. The summed E-state index contributed by atoms with van der Waals surface area (Å²) in [6, 6.07) is 12.1. The summed E-state index contributed by atoms with van der Waals surface area (Å²) in [5.41, 5.74) is 1.28. The third-order valence-corrected chi connectivity index (χ3v) is 12.9. The summed E-state index contributed by atoms with van der Waals surface area (Å²) < 4.78 is 51.3. The minimum Gasteiger partial charge on any atom is -0.321 e. The summed E-state index contributed by atoms with van der Waals surface area (Å²) in [4.78, 5) is 29.9. The Morgan fingerprint density at radius 3 is 1.44 bits per heavy atom. The van der Waals surface area contributed by atoms with Gasteiger partial charge in [-0.2, -0.15) is 0 Å². The van der Waals surface area contributed by atoms with Crippen molar-refractivity contribution < 1.29 is 26.8 Å². The van der Waals surface area contributed by atoms with E-state index in [0.717, 1.165) is 83.8 Å². The first-order valence-electron chi connectivity index (χ1n) is 19.0. The average Bonchev–Trinajstić information content (AvgIpc) is 3.85. The molecule has 0 atom stereocenters. The van der Waals surface area contributed by atoms with Gasteiger partial charge in [0.2, 0.25) is 10.0 Å². The number of carbonyl (C=O) groups is 2. The predicted molar refractivity (Wildman–Crippen MR) is 203 cm³/mol. The molecular formula is C39H58F2N6O4S. The highest BCUT2D eigenvalue weighted by molar-refractivity contribution is 7.88. The highest BCUT2D eigenvalue weighted by atomic mass is 32.2. The minimum absolute atomic E-state index is 0.0479. The lowest BCUT2D eigenvalue weighted by Gasteiger charge is -2.43. The molecule has 52 heavy (non-hydrogen) atoms. The van der Waals surface area contributed by atoms with Crippen molar-refractivity contribution in [2.75, 3.05) is 56.2 Å². The Bertz CT molecular complexity index is 1570. The quantitative estimate of drug-likeness (QED) is 0.244. The van der Waals surface area contributed by atoms with E-state index in [1.54, 1.807) is 24.3 Å². The van der Waals surface area contributed by atoms with Gasteiger partial charge in [-0.05, 0) is 124 Å². The number of anilines is 2. The summed E-state index contributed by atoms with van der Waals surface area (Å²) in [5, 5.41) is 9.26. The van der Waals surface area contributed by atoms with Gasteiger partial charge in [-0.3, -0.25) is 0 Å². The molecule has 2 saturated carbocycles. The van der Waals surface area contributed by atoms with Gasteiger partial charge in [0.25, 0.3) is 0 Å². The summed E-state index contributed by atoms with van der Waals surface area (Å²) >= 11 is 0. The summed E-state index contributed by atoms with van der Waals surface area (Å²) in [6.45, 7) is 8.86. The van der Waals surface area contributed by atoms with Crippen LogP contribution in [0.2, 0.25) is 0 Å². The molecule has 4 fully saturated rings. The molecule has 288 valence electrons. The standard InChI is InChI=1S/C20H30FN3O3S.C19H28FN3O/c1-20(11-13-23(14-12-20)28(2,26)27)15-24(18-5-3-4-6-18)19(25)22-17-9-7-16(21)8-10-17;1-19(10-12-21-13-11-19)14-23(17-4-2-3-5-17)18(24)22-16-8-6-15(20)7-9-16/h7-10,18H,3-6,11-15H2,1-2H3,(H,22,25);6-9,17,21H,2-5,10-14H2,1H3,(H,22,24). The zero-order valence-corrected chi connectivity index (χ0v) is 32.0. The predicted octanol–water partition coefficient (Wildman–Crippen LogP) is 7.66. The molecule has 6 rings (SSSR count). The van der Waals surface area contributed by atoms with E-state index in [1.807, 2.05) is 9.80 Å². The molecule has 2 aliphatic carbocycles. The van der Waals surface area contributed by atoms with Gasteiger partial charge in [0.1, 0.15) is 11.6 Å². The third kappa shape index (κ3) is 11.4. The second kappa shape index (κ2) is 17.7. The summed E-state index contributed by atoms with van der Waals surface area (Å²) in [7, 11) is -3.17. The molecule has 4 aliphatic rings. The SMILES string of the molecule is CC1(CN(C(=O)Nc2ccc(F)cc2)C2CCCC2)CCN(S(C)(=O)=O)CC1.CC1(CN(C(=O)Nc2ccc(F)cc2)C2CCCC2)CCNCC1. The normalized spacial score (nSPS) is 20.8. The Balaban J connectivity index is 0.000000203. The van der Waals surface area contributed by atoms with Crippen LogP contribution in [0.15, 0.2) is 48.5 Å². The van der Waals surface area contributed by atoms with Crippen LogP contribution in [0, 0.1) is 22.5 Å². The van der Waals surface area contributed by atoms with E-state index in [1.165, 1.54) is 47.7 Å². The van der Waals surface area contributed by atoms with E-state index >= 15 is 0 Å². The molecule has 10 nitrogen and oxygen atoms in total. The van der Waals surface area contributed by atoms with Crippen molar-refractivity contribution in [3.63, 3.8) is 0 Å². The number of urea groups is 2. The topological polar surface area (TPSA) is 114 Å². The number of hydrogen-bond acceptors (Lipinski definition) is 5. The molecular weight excluding hydrogens is 687 g/mol. The molecule has 0 unspecified atom stereocenters. The fourth-order valence-electron chi connectivity index (χ4n) is 8.15. The van der Waals surface area contributed by atoms with Crippen molar-refractivity contribution in [3.05, 3.63) is 60.2 Å². The molecule has 13 heteroatoms. The number of carbonyl (C=O) groups excluding carboxylic acids is 2. The van der Waals surface area contributed by atoms with Crippen LogP contribution in [-0.4, -0.2) is 92.2 Å². The number of hydrogen-bond donors (Lipinski definition) is 3. The van der Waals surface area contributed by atoms with Crippen molar-refractivity contribution in [3.8, 4) is 0 Å². The molecule has 0 bridgehead atoms. The molecule has 4 amide bonds. The van der Waals surface area contributed by atoms with Crippen LogP contribution < -0.4 is 16.0 Å². The van der Waals surface area contributed by atoms with Gasteiger partial charge in [0, 0.05) is 49.6 Å². The van der Waals surface area contributed by atoms with E-state index in [2.05, 4.69) is 29.8 Å². The van der Waals surface area contributed by atoms with E-state index in [9.17, 15) is 26.8 Å². The van der Waals surface area contributed by atoms with E-state index < -0.39 is 10.0 Å². The highest BCUT2D eigenvalue weighted by Gasteiger charge is 2.39. The lowest BCUT2D eigenvalue weighted by Crippen LogP contribution is -2.51. The lowest BCUT2D eigenvalue weighted by atomic mass is 9.80. The largest absolute Gasteiger partial charge is 0.322 e. The van der Waals surface area contributed by atoms with Gasteiger partial charge in [0.15, 0.2) is 0 Å². The van der Waals surface area contributed by atoms with Crippen LogP contribution in [-0.2, 0) is 10.0 Å². The number of sulfonamides is 1. The Hall–Kier alpha value is -3.29. The van der Waals surface area contributed by atoms with Gasteiger partial charge in [-0.1, -0.05) is 39.5 Å². The van der Waals surface area contributed by atoms with Crippen LogP contribution in [0.4, 0.5) is 29.7 Å². The van der Waals surface area contributed by atoms with E-state index in [4.69, 9.17) is 0 Å². The molecule has 0 radical (unpaired) electrons. The van der Waals surface area contributed by atoms with Crippen LogP contribution in [0.3, 0.4) is 0 Å². The lowest BCUT2D eigenvalue weighted by molar-refractivity contribution is 0.100. The van der Waals surface area contributed by atoms with Gasteiger partial charge >= 0.3 is 12.1 Å². The second-order valence-corrected chi connectivity index (χ2v) is 18.0. The fraction of sp³-hybridized carbons (Fsp3) is 0.641. The molecule has 2 saturated heterocycles. The van der Waals surface area contributed by atoms with Gasteiger partial charge in [-0.15, -0.1) is 0 Å². The number of nitrogens with one attached hydrogen (secondary N) is 3. The zero-order chi connectivity index (χ0) is 37.4. The van der Waals surface area contributed by atoms with Crippen molar-refractivity contribution in [1.29, 1.82) is 0 Å². The van der Waals surface area contributed by atoms with Crippen molar-refractivity contribution in [1.82, 2.24) is 19.4 Å². The fourth-order valence-corrected chi connectivity index (χ4v) is 8.99. The number of amides is 4. The summed E-state index contributed by atoms with van der Waals surface area (Å²) in [6.07, 6.45) is 13.7. The Labute approximate surface area is 309 Å². The van der Waals surface area contributed by atoms with Gasteiger partial charge in [-0.25, -0.2) is 31.1 Å². The first kappa shape index (κ1) is 39.9. The Kier molecular flexibility index (Phi) is 13.6. The third-order valence-electron chi connectivity index (χ3n) is 11.6. The molecule has 3 N–H and O–H groups in total. The zero-order valence-electron chi connectivity index (χ0n) is 31.1. The molecule has 2 aromatic carbocycles. The smallest absolute Gasteiger partial charge is 0.321 e. The van der Waals surface area contributed by atoms with Crippen molar-refractivity contribution in [2.24, 2.45) is 10.8 Å². The molecule has 0 aromatic heterocycles. The Morgan fingerprint density at radius 2 is 1.08 bits per heavy atom. The average molecular weight is 745 g/mol. The van der Waals surface area contributed by atoms with E-state index in [-0.39, 0.29) is 40.6 Å². The number of halogens is 2. The maximum absolute atomic E-state index is 13.1. The van der Waals surface area contributed by atoms with Crippen LogP contribution >= 0.6 is 0 Å². The van der Waals surface area contributed by atoms with Crippen LogP contribution in [0.5, 0.6) is 0 Å². The number of benzene rings is 2. The van der Waals surface area contributed by atoms with Crippen LogP contribution in [0.25, 0.3) is 0 Å². The number of nitrogens with zero attached hydrogens (tertiary/aromatic N) is 3.